The lowest BCUT2D eigenvalue weighted by atomic mass is 10.0. The molecule has 0 atom stereocenters. The SMILES string of the molecule is CCCOc1ccc(-c2cc(C)c3ccc(CC(N)=O)cc3n2)cc1CO. The van der Waals surface area contributed by atoms with E-state index in [1.165, 1.54) is 0 Å². The molecule has 3 N–H and O–H groups in total. The molecule has 3 rings (SSSR count). The second kappa shape index (κ2) is 8.18. The van der Waals surface area contributed by atoms with Gasteiger partial charge in [-0.1, -0.05) is 19.1 Å². The molecule has 0 radical (unpaired) electrons. The lowest BCUT2D eigenvalue weighted by Gasteiger charge is -2.12. The maximum absolute atomic E-state index is 11.2. The minimum absolute atomic E-state index is 0.0950. The number of nitrogens with zero attached hydrogens (tertiary/aromatic N) is 1. The molecule has 1 heterocycles. The van der Waals surface area contributed by atoms with Crippen LogP contribution in [0.5, 0.6) is 5.75 Å². The van der Waals surface area contributed by atoms with E-state index in [2.05, 4.69) is 0 Å². The number of aryl methyl sites for hydroxylation is 1. The molecule has 0 aliphatic heterocycles. The summed E-state index contributed by atoms with van der Waals surface area (Å²) in [7, 11) is 0. The molecule has 0 unspecified atom stereocenters. The Balaban J connectivity index is 2.04. The highest BCUT2D eigenvalue weighted by molar-refractivity contribution is 5.87. The van der Waals surface area contributed by atoms with Crippen LogP contribution in [0.3, 0.4) is 0 Å². The first-order chi connectivity index (χ1) is 13.0. The average molecular weight is 364 g/mol. The highest BCUT2D eigenvalue weighted by Gasteiger charge is 2.10. The molecule has 5 heteroatoms. The van der Waals surface area contributed by atoms with Crippen LogP contribution in [0, 0.1) is 6.92 Å². The molecule has 27 heavy (non-hydrogen) atoms. The molecule has 3 aromatic rings. The van der Waals surface area contributed by atoms with Gasteiger partial charge in [0.2, 0.25) is 5.91 Å². The van der Waals surface area contributed by atoms with E-state index in [1.54, 1.807) is 0 Å². The minimum Gasteiger partial charge on any atom is -0.493 e. The van der Waals surface area contributed by atoms with Gasteiger partial charge >= 0.3 is 0 Å². The monoisotopic (exact) mass is 364 g/mol. The zero-order valence-corrected chi connectivity index (χ0v) is 15.7. The summed E-state index contributed by atoms with van der Waals surface area (Å²) in [4.78, 5) is 16.0. The summed E-state index contributed by atoms with van der Waals surface area (Å²) in [5.74, 6) is 0.335. The number of nitrogens with two attached hydrogens (primary N) is 1. The Morgan fingerprint density at radius 1 is 1.19 bits per heavy atom. The number of hydrogen-bond donors (Lipinski definition) is 2. The number of pyridine rings is 1. The molecule has 0 aliphatic carbocycles. The van der Waals surface area contributed by atoms with Gasteiger partial charge in [-0.3, -0.25) is 4.79 Å². The van der Waals surface area contributed by atoms with Crippen LogP contribution >= 0.6 is 0 Å². The fraction of sp³-hybridized carbons (Fsp3) is 0.273. The number of aromatic nitrogens is 1. The van der Waals surface area contributed by atoms with Crippen molar-refractivity contribution in [1.29, 1.82) is 0 Å². The molecule has 0 saturated heterocycles. The normalized spacial score (nSPS) is 10.9. The average Bonchev–Trinajstić information content (AvgIpc) is 2.65. The number of benzene rings is 2. The first kappa shape index (κ1) is 18.9. The Hall–Kier alpha value is -2.92. The quantitative estimate of drug-likeness (QED) is 0.672. The summed E-state index contributed by atoms with van der Waals surface area (Å²) in [6, 6.07) is 13.5. The van der Waals surface area contributed by atoms with Crippen molar-refractivity contribution in [3.63, 3.8) is 0 Å². The molecule has 140 valence electrons. The van der Waals surface area contributed by atoms with E-state index in [0.29, 0.717) is 12.4 Å². The maximum Gasteiger partial charge on any atom is 0.221 e. The predicted octanol–water partition coefficient (Wildman–Crippen LogP) is 3.52. The minimum atomic E-state index is -0.363. The molecular weight excluding hydrogens is 340 g/mol. The van der Waals surface area contributed by atoms with Crippen molar-refractivity contribution in [3.05, 3.63) is 59.2 Å². The largest absolute Gasteiger partial charge is 0.493 e. The molecule has 1 aromatic heterocycles. The number of hydrogen-bond acceptors (Lipinski definition) is 4. The smallest absolute Gasteiger partial charge is 0.221 e. The fourth-order valence-corrected chi connectivity index (χ4v) is 3.12. The van der Waals surface area contributed by atoms with E-state index >= 15 is 0 Å². The van der Waals surface area contributed by atoms with Crippen LogP contribution in [-0.4, -0.2) is 22.6 Å². The Morgan fingerprint density at radius 2 is 2.00 bits per heavy atom. The van der Waals surface area contributed by atoms with Gasteiger partial charge in [-0.05, 0) is 54.8 Å². The van der Waals surface area contributed by atoms with Crippen molar-refractivity contribution in [2.24, 2.45) is 5.73 Å². The third kappa shape index (κ3) is 4.26. The van der Waals surface area contributed by atoms with Gasteiger partial charge in [0.15, 0.2) is 0 Å². The van der Waals surface area contributed by atoms with E-state index in [1.807, 2.05) is 56.3 Å². The van der Waals surface area contributed by atoms with E-state index in [4.69, 9.17) is 15.5 Å². The Bertz CT molecular complexity index is 983. The number of rotatable bonds is 7. The second-order valence-electron chi connectivity index (χ2n) is 6.65. The molecule has 0 fully saturated rings. The molecule has 5 nitrogen and oxygen atoms in total. The van der Waals surface area contributed by atoms with E-state index in [9.17, 15) is 9.90 Å². The summed E-state index contributed by atoms with van der Waals surface area (Å²) in [6.45, 7) is 4.60. The van der Waals surface area contributed by atoms with Gasteiger partial charge in [0, 0.05) is 16.5 Å². The van der Waals surface area contributed by atoms with E-state index in [-0.39, 0.29) is 18.9 Å². The zero-order valence-electron chi connectivity index (χ0n) is 15.7. The number of ether oxygens (including phenoxy) is 1. The summed E-state index contributed by atoms with van der Waals surface area (Å²) in [5.41, 5.74) is 10.5. The third-order valence-corrected chi connectivity index (χ3v) is 4.45. The summed E-state index contributed by atoms with van der Waals surface area (Å²) >= 11 is 0. The number of carbonyl (C=O) groups is 1. The number of aliphatic hydroxyl groups is 1. The highest BCUT2D eigenvalue weighted by Crippen LogP contribution is 2.29. The summed E-state index contributed by atoms with van der Waals surface area (Å²) < 4.78 is 5.69. The van der Waals surface area contributed by atoms with Crippen molar-refractivity contribution in [3.8, 4) is 17.0 Å². The van der Waals surface area contributed by atoms with Gasteiger partial charge in [-0.25, -0.2) is 4.98 Å². The van der Waals surface area contributed by atoms with E-state index < -0.39 is 0 Å². The summed E-state index contributed by atoms with van der Waals surface area (Å²) in [6.07, 6.45) is 1.10. The van der Waals surface area contributed by atoms with Crippen LogP contribution in [-0.2, 0) is 17.8 Å². The molecular formula is C22H24N2O3. The van der Waals surface area contributed by atoms with Crippen LogP contribution < -0.4 is 10.5 Å². The number of amides is 1. The molecule has 0 bridgehead atoms. The van der Waals surface area contributed by atoms with Gasteiger partial charge < -0.3 is 15.6 Å². The molecule has 0 aliphatic rings. The predicted molar refractivity (Wildman–Crippen MR) is 107 cm³/mol. The van der Waals surface area contributed by atoms with Crippen molar-refractivity contribution >= 4 is 16.8 Å². The lowest BCUT2D eigenvalue weighted by Crippen LogP contribution is -2.13. The van der Waals surface area contributed by atoms with Crippen LogP contribution in [0.2, 0.25) is 0 Å². The molecule has 0 spiro atoms. The van der Waals surface area contributed by atoms with Gasteiger partial charge in [0.25, 0.3) is 0 Å². The van der Waals surface area contributed by atoms with Gasteiger partial charge in [0.05, 0.1) is 30.8 Å². The number of aliphatic hydroxyl groups excluding tert-OH is 1. The van der Waals surface area contributed by atoms with Crippen LogP contribution in [0.15, 0.2) is 42.5 Å². The molecule has 2 aromatic carbocycles. The van der Waals surface area contributed by atoms with Crippen LogP contribution in [0.25, 0.3) is 22.2 Å². The van der Waals surface area contributed by atoms with Crippen molar-refractivity contribution in [2.75, 3.05) is 6.61 Å². The Labute approximate surface area is 158 Å². The van der Waals surface area contributed by atoms with Crippen LogP contribution in [0.4, 0.5) is 0 Å². The van der Waals surface area contributed by atoms with Gasteiger partial charge in [0.1, 0.15) is 5.75 Å². The molecule has 0 saturated carbocycles. The van der Waals surface area contributed by atoms with Crippen molar-refractivity contribution in [2.45, 2.75) is 33.3 Å². The second-order valence-corrected chi connectivity index (χ2v) is 6.65. The highest BCUT2D eigenvalue weighted by atomic mass is 16.5. The van der Waals surface area contributed by atoms with Crippen molar-refractivity contribution < 1.29 is 14.6 Å². The summed E-state index contributed by atoms with van der Waals surface area (Å²) in [5, 5.41) is 10.7. The zero-order chi connectivity index (χ0) is 19.4. The first-order valence-corrected chi connectivity index (χ1v) is 9.07. The standard InChI is InChI=1S/C22H24N2O3/c1-3-8-27-21-7-5-16(12-17(21)13-25)19-9-14(2)18-6-4-15(11-22(23)26)10-20(18)24-19/h4-7,9-10,12,25H,3,8,11,13H2,1-2H3,(H2,23,26). The van der Waals surface area contributed by atoms with Gasteiger partial charge in [-0.2, -0.15) is 0 Å². The van der Waals surface area contributed by atoms with E-state index in [0.717, 1.165) is 45.3 Å². The number of carbonyl (C=O) groups excluding carboxylic acids is 1. The number of fused-ring (bicyclic) bond motifs is 1. The Morgan fingerprint density at radius 3 is 2.70 bits per heavy atom. The topological polar surface area (TPSA) is 85.4 Å². The first-order valence-electron chi connectivity index (χ1n) is 9.07. The maximum atomic E-state index is 11.2. The Kier molecular flexibility index (Phi) is 5.72. The fourth-order valence-electron chi connectivity index (χ4n) is 3.12. The number of primary amides is 1. The molecule has 1 amide bonds. The van der Waals surface area contributed by atoms with Crippen LogP contribution in [0.1, 0.15) is 30.0 Å². The van der Waals surface area contributed by atoms with Gasteiger partial charge in [-0.15, -0.1) is 0 Å². The lowest BCUT2D eigenvalue weighted by molar-refractivity contribution is -0.117. The third-order valence-electron chi connectivity index (χ3n) is 4.45. The van der Waals surface area contributed by atoms with Crippen molar-refractivity contribution in [1.82, 2.24) is 4.98 Å².